The van der Waals surface area contributed by atoms with Crippen molar-refractivity contribution in [2.45, 2.75) is 78.3 Å². The van der Waals surface area contributed by atoms with Gasteiger partial charge in [0, 0.05) is 22.8 Å². The van der Waals surface area contributed by atoms with Crippen molar-refractivity contribution in [2.24, 2.45) is 0 Å². The van der Waals surface area contributed by atoms with Crippen LogP contribution in [0.1, 0.15) is 75.0 Å². The van der Waals surface area contributed by atoms with Crippen LogP contribution in [0.15, 0.2) is 12.1 Å². The van der Waals surface area contributed by atoms with Crippen molar-refractivity contribution < 1.29 is 0 Å². The summed E-state index contributed by atoms with van der Waals surface area (Å²) >= 11 is 1.94. The summed E-state index contributed by atoms with van der Waals surface area (Å²) in [4.78, 5) is 2.93. The fourth-order valence-corrected chi connectivity index (χ4v) is 3.35. The molecule has 2 nitrogen and oxygen atoms in total. The summed E-state index contributed by atoms with van der Waals surface area (Å²) in [6.07, 6.45) is 10.7. The van der Waals surface area contributed by atoms with E-state index in [9.17, 15) is 0 Å². The lowest BCUT2D eigenvalue weighted by Gasteiger charge is -2.03. The van der Waals surface area contributed by atoms with Crippen LogP contribution in [0.3, 0.4) is 0 Å². The van der Waals surface area contributed by atoms with E-state index in [1.807, 2.05) is 11.3 Å². The highest BCUT2D eigenvalue weighted by Gasteiger charge is 2.00. The van der Waals surface area contributed by atoms with Crippen molar-refractivity contribution in [2.75, 3.05) is 13.1 Å². The third kappa shape index (κ3) is 10.0. The summed E-state index contributed by atoms with van der Waals surface area (Å²) in [5, 5.41) is 7.11. The lowest BCUT2D eigenvalue weighted by molar-refractivity contribution is 0.600. The zero-order valence-corrected chi connectivity index (χ0v) is 14.9. The molecule has 0 radical (unpaired) electrons. The molecule has 0 unspecified atom stereocenters. The fraction of sp³-hybridized carbons (Fsp3) is 0.778. The molecule has 0 saturated carbocycles. The van der Waals surface area contributed by atoms with E-state index in [0.717, 1.165) is 26.2 Å². The van der Waals surface area contributed by atoms with Crippen LogP contribution in [0.5, 0.6) is 0 Å². The number of hydrogen-bond donors (Lipinski definition) is 2. The lowest BCUT2D eigenvalue weighted by Crippen LogP contribution is -2.14. The number of hydrogen-bond acceptors (Lipinski definition) is 3. The molecule has 0 saturated heterocycles. The SMILES string of the molecule is CCCCCCNCc1ccc(CNCCCCCC)s1. The van der Waals surface area contributed by atoms with Crippen molar-refractivity contribution in [3.63, 3.8) is 0 Å². The first-order valence-electron chi connectivity index (χ1n) is 8.85. The van der Waals surface area contributed by atoms with Gasteiger partial charge in [-0.2, -0.15) is 0 Å². The largest absolute Gasteiger partial charge is 0.312 e. The summed E-state index contributed by atoms with van der Waals surface area (Å²) < 4.78 is 0. The average Bonchev–Trinajstić information content (AvgIpc) is 2.94. The molecule has 1 aromatic heterocycles. The standard InChI is InChI=1S/C18H34N2S/c1-3-5-7-9-13-19-15-17-11-12-18(21-17)16-20-14-10-8-6-4-2/h11-12,19-20H,3-10,13-16H2,1-2H3. The maximum absolute atomic E-state index is 3.55. The van der Waals surface area contributed by atoms with E-state index >= 15 is 0 Å². The van der Waals surface area contributed by atoms with Crippen molar-refractivity contribution >= 4 is 11.3 Å². The summed E-state index contributed by atoms with van der Waals surface area (Å²) in [5.41, 5.74) is 0. The van der Waals surface area contributed by atoms with Crippen LogP contribution in [0.25, 0.3) is 0 Å². The Labute approximate surface area is 135 Å². The third-order valence-corrected chi connectivity index (χ3v) is 4.82. The van der Waals surface area contributed by atoms with Crippen molar-refractivity contribution in [3.8, 4) is 0 Å². The second-order valence-corrected chi connectivity index (χ2v) is 7.10. The molecule has 21 heavy (non-hydrogen) atoms. The first kappa shape index (κ1) is 18.7. The van der Waals surface area contributed by atoms with Gasteiger partial charge in [0.1, 0.15) is 0 Å². The Bertz CT molecular complexity index is 305. The monoisotopic (exact) mass is 310 g/mol. The van der Waals surface area contributed by atoms with E-state index in [-0.39, 0.29) is 0 Å². The van der Waals surface area contributed by atoms with Crippen LogP contribution >= 0.6 is 11.3 Å². The zero-order chi connectivity index (χ0) is 15.2. The number of thiophene rings is 1. The van der Waals surface area contributed by atoms with Gasteiger partial charge in [0.25, 0.3) is 0 Å². The molecule has 0 bridgehead atoms. The summed E-state index contributed by atoms with van der Waals surface area (Å²) in [6, 6.07) is 4.55. The van der Waals surface area contributed by atoms with Gasteiger partial charge in [0.2, 0.25) is 0 Å². The summed E-state index contributed by atoms with van der Waals surface area (Å²) in [7, 11) is 0. The van der Waals surface area contributed by atoms with Gasteiger partial charge in [-0.15, -0.1) is 11.3 Å². The van der Waals surface area contributed by atoms with Gasteiger partial charge in [-0.3, -0.25) is 0 Å². The average molecular weight is 311 g/mol. The van der Waals surface area contributed by atoms with E-state index in [0.29, 0.717) is 0 Å². The molecule has 122 valence electrons. The Balaban J connectivity index is 2.01. The summed E-state index contributed by atoms with van der Waals surface area (Å²) in [5.74, 6) is 0. The van der Waals surface area contributed by atoms with Crippen LogP contribution < -0.4 is 10.6 Å². The lowest BCUT2D eigenvalue weighted by atomic mass is 10.2. The first-order valence-corrected chi connectivity index (χ1v) is 9.67. The Hall–Kier alpha value is -0.380. The third-order valence-electron chi connectivity index (χ3n) is 3.73. The zero-order valence-electron chi connectivity index (χ0n) is 14.0. The van der Waals surface area contributed by atoms with Crippen LogP contribution in [0.4, 0.5) is 0 Å². The van der Waals surface area contributed by atoms with Crippen LogP contribution in [0.2, 0.25) is 0 Å². The van der Waals surface area contributed by atoms with Gasteiger partial charge in [-0.05, 0) is 38.1 Å². The van der Waals surface area contributed by atoms with Gasteiger partial charge in [-0.1, -0.05) is 52.4 Å². The Morgan fingerprint density at radius 2 is 1.19 bits per heavy atom. The Morgan fingerprint density at radius 1 is 0.714 bits per heavy atom. The molecular formula is C18H34N2S. The van der Waals surface area contributed by atoms with Gasteiger partial charge in [0.05, 0.1) is 0 Å². The minimum absolute atomic E-state index is 1.04. The van der Waals surface area contributed by atoms with Crippen molar-refractivity contribution in [1.82, 2.24) is 10.6 Å². The maximum Gasteiger partial charge on any atom is 0.0299 e. The molecule has 1 aromatic rings. The van der Waals surface area contributed by atoms with Crippen LogP contribution in [-0.4, -0.2) is 13.1 Å². The van der Waals surface area contributed by atoms with Crippen LogP contribution in [0, 0.1) is 0 Å². The highest BCUT2D eigenvalue weighted by molar-refractivity contribution is 7.11. The van der Waals surface area contributed by atoms with Gasteiger partial charge in [0.15, 0.2) is 0 Å². The van der Waals surface area contributed by atoms with E-state index in [1.165, 1.54) is 61.1 Å². The minimum atomic E-state index is 1.04. The smallest absolute Gasteiger partial charge is 0.0299 e. The Morgan fingerprint density at radius 3 is 1.62 bits per heavy atom. The molecule has 0 aliphatic heterocycles. The minimum Gasteiger partial charge on any atom is -0.312 e. The fourth-order valence-electron chi connectivity index (χ4n) is 2.39. The molecule has 0 aliphatic carbocycles. The van der Waals surface area contributed by atoms with Crippen molar-refractivity contribution in [3.05, 3.63) is 21.9 Å². The maximum atomic E-state index is 3.55. The van der Waals surface area contributed by atoms with Gasteiger partial charge < -0.3 is 10.6 Å². The highest BCUT2D eigenvalue weighted by atomic mass is 32.1. The second-order valence-electron chi connectivity index (χ2n) is 5.84. The second kappa shape index (κ2) is 13.3. The molecular weight excluding hydrogens is 276 g/mol. The number of rotatable bonds is 14. The molecule has 0 aliphatic rings. The van der Waals surface area contributed by atoms with Crippen LogP contribution in [-0.2, 0) is 13.1 Å². The molecule has 3 heteroatoms. The normalized spacial score (nSPS) is 11.1. The predicted molar refractivity (Wildman–Crippen MR) is 96.0 cm³/mol. The van der Waals surface area contributed by atoms with E-state index in [2.05, 4.69) is 36.6 Å². The predicted octanol–water partition coefficient (Wildman–Crippen LogP) is 5.09. The number of nitrogens with one attached hydrogen (secondary N) is 2. The quantitative estimate of drug-likeness (QED) is 0.468. The molecule has 1 heterocycles. The molecule has 2 N–H and O–H groups in total. The van der Waals surface area contributed by atoms with E-state index in [4.69, 9.17) is 0 Å². The highest BCUT2D eigenvalue weighted by Crippen LogP contribution is 2.16. The molecule has 0 spiro atoms. The molecule has 0 aromatic carbocycles. The van der Waals surface area contributed by atoms with Crippen molar-refractivity contribution in [1.29, 1.82) is 0 Å². The molecule has 0 amide bonds. The van der Waals surface area contributed by atoms with Gasteiger partial charge in [-0.25, -0.2) is 0 Å². The van der Waals surface area contributed by atoms with Gasteiger partial charge >= 0.3 is 0 Å². The first-order chi connectivity index (χ1) is 10.4. The molecule has 1 rings (SSSR count). The number of unbranched alkanes of at least 4 members (excludes halogenated alkanes) is 6. The molecule has 0 atom stereocenters. The van der Waals surface area contributed by atoms with E-state index < -0.39 is 0 Å². The topological polar surface area (TPSA) is 24.1 Å². The molecule has 0 fully saturated rings. The Kier molecular flexibility index (Phi) is 11.8. The summed E-state index contributed by atoms with van der Waals surface area (Å²) in [6.45, 7) is 8.91. The van der Waals surface area contributed by atoms with E-state index in [1.54, 1.807) is 0 Å².